The maximum atomic E-state index is 10.4. The summed E-state index contributed by atoms with van der Waals surface area (Å²) in [6.07, 6.45) is 0. The maximum Gasteiger partial charge on any atom is 0.312 e. The van der Waals surface area contributed by atoms with E-state index in [1.807, 2.05) is 0 Å². The molecule has 0 aromatic heterocycles. The molecule has 0 aliphatic heterocycles. The molecule has 1 aromatic carbocycles. The Balaban J connectivity index is 2.38. The van der Waals surface area contributed by atoms with Crippen LogP contribution in [-0.4, -0.2) is 24.0 Å². The third-order valence-electron chi connectivity index (χ3n) is 1.83. The largest absolute Gasteiger partial charge is 0.383 e. The highest BCUT2D eigenvalue weighted by Crippen LogP contribution is 2.14. The number of carbonyl (C=O) groups excluding carboxylic acids is 1. The summed E-state index contributed by atoms with van der Waals surface area (Å²) in [6.45, 7) is 0.896. The monoisotopic (exact) mass is 224 g/mol. The standard InChI is InChI=1S/C9H12N4O3/c10-9(14)12-6-5-11-7-1-3-8(4-2-7)13(15)16/h1-4,11H,5-6H2,(H3,10,12,14). The first-order valence-corrected chi connectivity index (χ1v) is 4.61. The van der Waals surface area contributed by atoms with Crippen molar-refractivity contribution >= 4 is 17.4 Å². The van der Waals surface area contributed by atoms with Crippen molar-refractivity contribution in [3.63, 3.8) is 0 Å². The van der Waals surface area contributed by atoms with Crippen LogP contribution in [0.5, 0.6) is 0 Å². The lowest BCUT2D eigenvalue weighted by Gasteiger charge is -2.05. The van der Waals surface area contributed by atoms with Gasteiger partial charge in [0.15, 0.2) is 0 Å². The number of nitrogens with two attached hydrogens (primary N) is 1. The molecule has 0 heterocycles. The van der Waals surface area contributed by atoms with E-state index in [1.165, 1.54) is 12.1 Å². The highest BCUT2D eigenvalue weighted by molar-refractivity contribution is 5.71. The van der Waals surface area contributed by atoms with Crippen molar-refractivity contribution in [2.75, 3.05) is 18.4 Å². The lowest BCUT2D eigenvalue weighted by atomic mass is 10.3. The zero-order chi connectivity index (χ0) is 12.0. The highest BCUT2D eigenvalue weighted by atomic mass is 16.6. The van der Waals surface area contributed by atoms with Crippen LogP contribution in [-0.2, 0) is 0 Å². The quantitative estimate of drug-likeness (QED) is 0.388. The third-order valence-corrected chi connectivity index (χ3v) is 1.83. The van der Waals surface area contributed by atoms with E-state index in [-0.39, 0.29) is 5.69 Å². The van der Waals surface area contributed by atoms with Gasteiger partial charge in [-0.1, -0.05) is 0 Å². The first-order valence-electron chi connectivity index (χ1n) is 4.61. The van der Waals surface area contributed by atoms with Gasteiger partial charge in [0.2, 0.25) is 0 Å². The van der Waals surface area contributed by atoms with Gasteiger partial charge in [0, 0.05) is 30.9 Å². The Morgan fingerprint density at radius 2 is 1.94 bits per heavy atom. The van der Waals surface area contributed by atoms with Crippen molar-refractivity contribution < 1.29 is 9.72 Å². The van der Waals surface area contributed by atoms with E-state index in [9.17, 15) is 14.9 Å². The molecule has 0 fully saturated rings. The number of benzene rings is 1. The summed E-state index contributed by atoms with van der Waals surface area (Å²) in [5.41, 5.74) is 5.66. The molecular formula is C9H12N4O3. The SMILES string of the molecule is NC(=O)NCCNc1ccc([N+](=O)[O-])cc1. The molecule has 0 atom stereocenters. The van der Waals surface area contributed by atoms with E-state index in [1.54, 1.807) is 12.1 Å². The summed E-state index contributed by atoms with van der Waals surface area (Å²) in [7, 11) is 0. The van der Waals surface area contributed by atoms with Crippen LogP contribution in [0.2, 0.25) is 0 Å². The van der Waals surface area contributed by atoms with Crippen LogP contribution in [0.1, 0.15) is 0 Å². The van der Waals surface area contributed by atoms with E-state index in [0.29, 0.717) is 13.1 Å². The van der Waals surface area contributed by atoms with Gasteiger partial charge < -0.3 is 16.4 Å². The fourth-order valence-corrected chi connectivity index (χ4v) is 1.09. The average Bonchev–Trinajstić information content (AvgIpc) is 2.25. The van der Waals surface area contributed by atoms with Gasteiger partial charge in [0.1, 0.15) is 0 Å². The van der Waals surface area contributed by atoms with Crippen molar-refractivity contribution in [1.82, 2.24) is 5.32 Å². The summed E-state index contributed by atoms with van der Waals surface area (Å²) in [4.78, 5) is 20.3. The molecule has 0 saturated carbocycles. The Morgan fingerprint density at radius 1 is 1.31 bits per heavy atom. The predicted octanol–water partition coefficient (Wildman–Crippen LogP) is 0.675. The van der Waals surface area contributed by atoms with Gasteiger partial charge in [-0.05, 0) is 12.1 Å². The molecule has 1 rings (SSSR count). The number of nitrogens with zero attached hydrogens (tertiary/aromatic N) is 1. The number of carbonyl (C=O) groups is 1. The molecule has 7 nitrogen and oxygen atoms in total. The number of anilines is 1. The van der Waals surface area contributed by atoms with Crippen molar-refractivity contribution in [2.45, 2.75) is 0 Å². The first-order chi connectivity index (χ1) is 7.59. The van der Waals surface area contributed by atoms with Crippen LogP contribution < -0.4 is 16.4 Å². The van der Waals surface area contributed by atoms with Crippen LogP contribution in [0.4, 0.5) is 16.2 Å². The highest BCUT2D eigenvalue weighted by Gasteiger charge is 2.02. The summed E-state index contributed by atoms with van der Waals surface area (Å²) < 4.78 is 0. The van der Waals surface area contributed by atoms with Gasteiger partial charge in [0.25, 0.3) is 5.69 Å². The number of primary amides is 1. The second-order valence-electron chi connectivity index (χ2n) is 3.02. The molecule has 2 amide bonds. The number of amides is 2. The summed E-state index contributed by atoms with van der Waals surface area (Å²) in [5, 5.41) is 15.8. The van der Waals surface area contributed by atoms with Crippen LogP contribution in [0.25, 0.3) is 0 Å². The molecular weight excluding hydrogens is 212 g/mol. The average molecular weight is 224 g/mol. The Labute approximate surface area is 91.8 Å². The van der Waals surface area contributed by atoms with Crippen molar-refractivity contribution in [3.05, 3.63) is 34.4 Å². The van der Waals surface area contributed by atoms with E-state index >= 15 is 0 Å². The van der Waals surface area contributed by atoms with Crippen LogP contribution in [0.15, 0.2) is 24.3 Å². The Hall–Kier alpha value is -2.31. The van der Waals surface area contributed by atoms with Crippen molar-refractivity contribution in [3.8, 4) is 0 Å². The molecule has 0 radical (unpaired) electrons. The number of urea groups is 1. The second-order valence-corrected chi connectivity index (χ2v) is 3.02. The fourth-order valence-electron chi connectivity index (χ4n) is 1.09. The zero-order valence-electron chi connectivity index (χ0n) is 8.47. The van der Waals surface area contributed by atoms with Crippen molar-refractivity contribution in [1.29, 1.82) is 0 Å². The van der Waals surface area contributed by atoms with Crippen LogP contribution in [0.3, 0.4) is 0 Å². The molecule has 16 heavy (non-hydrogen) atoms. The number of nitrogens with one attached hydrogen (secondary N) is 2. The number of hydrogen-bond acceptors (Lipinski definition) is 4. The number of non-ortho nitro benzene ring substituents is 1. The normalized spacial score (nSPS) is 9.50. The van der Waals surface area contributed by atoms with Gasteiger partial charge in [0.05, 0.1) is 4.92 Å². The molecule has 0 aliphatic carbocycles. The third kappa shape index (κ3) is 3.82. The Morgan fingerprint density at radius 3 is 2.44 bits per heavy atom. The Bertz CT molecular complexity index is 377. The molecule has 0 aliphatic rings. The number of nitro benzene ring substituents is 1. The summed E-state index contributed by atoms with van der Waals surface area (Å²) >= 11 is 0. The van der Waals surface area contributed by atoms with E-state index in [2.05, 4.69) is 10.6 Å². The molecule has 0 spiro atoms. The zero-order valence-corrected chi connectivity index (χ0v) is 8.47. The van der Waals surface area contributed by atoms with E-state index < -0.39 is 11.0 Å². The minimum absolute atomic E-state index is 0.0424. The minimum atomic E-state index is -0.578. The number of rotatable bonds is 5. The summed E-state index contributed by atoms with van der Waals surface area (Å²) in [6, 6.07) is 5.43. The van der Waals surface area contributed by atoms with Gasteiger partial charge in [-0.15, -0.1) is 0 Å². The molecule has 4 N–H and O–H groups in total. The molecule has 0 bridgehead atoms. The molecule has 1 aromatic rings. The lowest BCUT2D eigenvalue weighted by Crippen LogP contribution is -2.33. The van der Waals surface area contributed by atoms with Crippen LogP contribution >= 0.6 is 0 Å². The minimum Gasteiger partial charge on any atom is -0.383 e. The molecule has 0 unspecified atom stereocenters. The topological polar surface area (TPSA) is 110 Å². The van der Waals surface area contributed by atoms with Crippen molar-refractivity contribution in [2.24, 2.45) is 5.73 Å². The number of hydrogen-bond donors (Lipinski definition) is 3. The lowest BCUT2D eigenvalue weighted by molar-refractivity contribution is -0.384. The second kappa shape index (κ2) is 5.54. The van der Waals surface area contributed by atoms with E-state index in [4.69, 9.17) is 5.73 Å². The Kier molecular flexibility index (Phi) is 4.07. The smallest absolute Gasteiger partial charge is 0.312 e. The summed E-state index contributed by atoms with van der Waals surface area (Å²) in [5.74, 6) is 0. The van der Waals surface area contributed by atoms with Gasteiger partial charge in [-0.25, -0.2) is 4.79 Å². The molecule has 0 saturated heterocycles. The van der Waals surface area contributed by atoms with Gasteiger partial charge >= 0.3 is 6.03 Å². The van der Waals surface area contributed by atoms with Gasteiger partial charge in [-0.3, -0.25) is 10.1 Å². The van der Waals surface area contributed by atoms with Crippen LogP contribution in [0, 0.1) is 10.1 Å². The fraction of sp³-hybridized carbons (Fsp3) is 0.222. The molecule has 86 valence electrons. The molecule has 7 heteroatoms. The number of nitro groups is 1. The predicted molar refractivity (Wildman–Crippen MR) is 59.2 cm³/mol. The first kappa shape index (κ1) is 11.8. The van der Waals surface area contributed by atoms with Gasteiger partial charge in [-0.2, -0.15) is 0 Å². The van der Waals surface area contributed by atoms with E-state index in [0.717, 1.165) is 5.69 Å². The maximum absolute atomic E-state index is 10.4.